The molecule has 0 amide bonds. The molecule has 0 aliphatic carbocycles. The van der Waals surface area contributed by atoms with Gasteiger partial charge < -0.3 is 17.7 Å². The molecule has 0 radical (unpaired) electrons. The first-order chi connectivity index (χ1) is 11.7. The van der Waals surface area contributed by atoms with Crippen LogP contribution in [-0.4, -0.2) is 9.05 Å². The SMILES string of the molecule is Brc1c(Br)c(Br)c2c(c1Br)O[Si]1(O2)Oc2c(Br)c(Br)c(Br)c(Br)c2O1. The number of fused-ring (bicyclic) bond motifs is 2. The van der Waals surface area contributed by atoms with Gasteiger partial charge in [-0.05, 0) is 127 Å². The van der Waals surface area contributed by atoms with Gasteiger partial charge in [-0.2, -0.15) is 0 Å². The van der Waals surface area contributed by atoms with E-state index >= 15 is 0 Å². The summed E-state index contributed by atoms with van der Waals surface area (Å²) in [6.07, 6.45) is 0. The van der Waals surface area contributed by atoms with Gasteiger partial charge in [0.1, 0.15) is 0 Å². The molecule has 25 heavy (non-hydrogen) atoms. The highest BCUT2D eigenvalue weighted by Crippen LogP contribution is 2.59. The minimum atomic E-state index is -3.50. The Morgan fingerprint density at radius 1 is 0.360 bits per heavy atom. The molecule has 0 atom stereocenters. The summed E-state index contributed by atoms with van der Waals surface area (Å²) in [6, 6.07) is 0. The van der Waals surface area contributed by atoms with Crippen LogP contribution in [0, 0.1) is 0 Å². The van der Waals surface area contributed by atoms with Crippen LogP contribution in [0.5, 0.6) is 23.0 Å². The highest BCUT2D eigenvalue weighted by atomic mass is 79.9. The van der Waals surface area contributed by atoms with Gasteiger partial charge in [0, 0.05) is 0 Å². The van der Waals surface area contributed by atoms with Gasteiger partial charge >= 0.3 is 9.05 Å². The van der Waals surface area contributed by atoms with Crippen molar-refractivity contribution >= 4 is 136 Å². The summed E-state index contributed by atoms with van der Waals surface area (Å²) in [5.41, 5.74) is 0. The minimum Gasteiger partial charge on any atom is -0.447 e. The second-order valence-corrected chi connectivity index (χ2v) is 12.9. The van der Waals surface area contributed by atoms with Crippen molar-refractivity contribution in [2.45, 2.75) is 0 Å². The Morgan fingerprint density at radius 2 is 0.560 bits per heavy atom. The van der Waals surface area contributed by atoms with Crippen LogP contribution < -0.4 is 17.7 Å². The van der Waals surface area contributed by atoms with Gasteiger partial charge in [0.05, 0.1) is 35.8 Å². The Labute approximate surface area is 210 Å². The number of hydrogen-bond acceptors (Lipinski definition) is 4. The van der Waals surface area contributed by atoms with E-state index in [9.17, 15) is 0 Å². The molecule has 1 spiro atoms. The average molecular weight is 875 g/mol. The van der Waals surface area contributed by atoms with Crippen molar-refractivity contribution in [3.8, 4) is 23.0 Å². The molecule has 4 rings (SSSR count). The normalized spacial score (nSPS) is 16.0. The first kappa shape index (κ1) is 20.0. The monoisotopic (exact) mass is 867 g/mol. The smallest absolute Gasteiger partial charge is 0.447 e. The van der Waals surface area contributed by atoms with E-state index in [1.807, 2.05) is 0 Å². The first-order valence-corrected chi connectivity index (χ1v) is 14.1. The maximum atomic E-state index is 6.05. The molecule has 2 aliphatic heterocycles. The van der Waals surface area contributed by atoms with Crippen LogP contribution in [0.3, 0.4) is 0 Å². The van der Waals surface area contributed by atoms with Crippen molar-refractivity contribution in [1.82, 2.24) is 0 Å². The largest absolute Gasteiger partial charge is 0.967 e. The van der Waals surface area contributed by atoms with Crippen molar-refractivity contribution < 1.29 is 17.7 Å². The Bertz CT molecular complexity index is 811. The van der Waals surface area contributed by atoms with E-state index in [-0.39, 0.29) is 0 Å². The van der Waals surface area contributed by atoms with Crippen LogP contribution in [0.25, 0.3) is 0 Å². The lowest BCUT2D eigenvalue weighted by Gasteiger charge is -2.12. The average Bonchev–Trinajstić information content (AvgIpc) is 3.16. The van der Waals surface area contributed by atoms with Crippen molar-refractivity contribution in [2.24, 2.45) is 0 Å². The second kappa shape index (κ2) is 6.89. The minimum absolute atomic E-state index is 0.506. The topological polar surface area (TPSA) is 36.9 Å². The summed E-state index contributed by atoms with van der Waals surface area (Å²) in [6.45, 7) is 0. The lowest BCUT2D eigenvalue weighted by atomic mass is 10.3. The molecular weight excluding hydrogens is 875 g/mol. The first-order valence-electron chi connectivity index (χ1n) is 6.14. The molecule has 132 valence electrons. The van der Waals surface area contributed by atoms with Crippen molar-refractivity contribution in [2.75, 3.05) is 0 Å². The molecule has 0 N–H and O–H groups in total. The highest BCUT2D eigenvalue weighted by Gasteiger charge is 2.68. The molecule has 2 aromatic rings. The number of benzene rings is 2. The van der Waals surface area contributed by atoms with Crippen molar-refractivity contribution in [1.29, 1.82) is 0 Å². The predicted molar refractivity (Wildman–Crippen MR) is 123 cm³/mol. The predicted octanol–water partition coefficient (Wildman–Crippen LogP) is 8.46. The van der Waals surface area contributed by atoms with E-state index in [0.29, 0.717) is 40.9 Å². The second-order valence-electron chi connectivity index (χ2n) is 4.74. The molecule has 0 saturated heterocycles. The summed E-state index contributed by atoms with van der Waals surface area (Å²) in [7, 11) is -3.50. The zero-order valence-electron chi connectivity index (χ0n) is 11.2. The van der Waals surface area contributed by atoms with Gasteiger partial charge in [0.2, 0.25) is 0 Å². The van der Waals surface area contributed by atoms with Gasteiger partial charge in [0.25, 0.3) is 0 Å². The third kappa shape index (κ3) is 2.97. The van der Waals surface area contributed by atoms with Gasteiger partial charge in [-0.25, -0.2) is 0 Å². The number of hydrogen-bond donors (Lipinski definition) is 0. The van der Waals surface area contributed by atoms with Crippen LogP contribution >= 0.6 is 127 Å². The van der Waals surface area contributed by atoms with E-state index in [0.717, 1.165) is 17.9 Å². The van der Waals surface area contributed by atoms with E-state index in [4.69, 9.17) is 17.7 Å². The fraction of sp³-hybridized carbons (Fsp3) is 0. The highest BCUT2D eigenvalue weighted by molar-refractivity contribution is 9.15. The van der Waals surface area contributed by atoms with Crippen molar-refractivity contribution in [3.63, 3.8) is 0 Å². The van der Waals surface area contributed by atoms with Crippen LogP contribution in [0.15, 0.2) is 35.8 Å². The molecule has 2 aromatic carbocycles. The van der Waals surface area contributed by atoms with Crippen LogP contribution in [-0.2, 0) is 0 Å². The van der Waals surface area contributed by atoms with E-state index in [1.54, 1.807) is 0 Å². The fourth-order valence-electron chi connectivity index (χ4n) is 2.17. The molecular formula is C12Br8O4Si. The van der Waals surface area contributed by atoms with Crippen LogP contribution in [0.4, 0.5) is 0 Å². The van der Waals surface area contributed by atoms with Gasteiger partial charge in [-0.3, -0.25) is 0 Å². The van der Waals surface area contributed by atoms with Gasteiger partial charge in [-0.15, -0.1) is 0 Å². The number of rotatable bonds is 0. The molecule has 0 bridgehead atoms. The molecule has 2 aliphatic rings. The summed E-state index contributed by atoms with van der Waals surface area (Å²) < 4.78 is 30.1. The Morgan fingerprint density at radius 3 is 0.760 bits per heavy atom. The molecule has 13 heteroatoms. The molecule has 2 heterocycles. The lowest BCUT2D eigenvalue weighted by Crippen LogP contribution is -2.54. The Kier molecular flexibility index (Phi) is 5.51. The third-order valence-corrected chi connectivity index (χ3v) is 14.5. The zero-order valence-corrected chi connectivity index (χ0v) is 24.8. The van der Waals surface area contributed by atoms with E-state index in [1.165, 1.54) is 0 Å². The zero-order chi connectivity index (χ0) is 18.3. The summed E-state index contributed by atoms with van der Waals surface area (Å²) in [5, 5.41) is 0. The summed E-state index contributed by atoms with van der Waals surface area (Å²) >= 11 is 28.0. The molecule has 4 nitrogen and oxygen atoms in total. The van der Waals surface area contributed by atoms with Gasteiger partial charge in [0.15, 0.2) is 23.0 Å². The van der Waals surface area contributed by atoms with Crippen LogP contribution in [0.2, 0.25) is 0 Å². The molecule has 0 aromatic heterocycles. The fourth-order valence-corrected chi connectivity index (χ4v) is 9.21. The van der Waals surface area contributed by atoms with Gasteiger partial charge in [-0.1, -0.05) is 0 Å². The van der Waals surface area contributed by atoms with Crippen LogP contribution in [0.1, 0.15) is 0 Å². The van der Waals surface area contributed by atoms with Crippen molar-refractivity contribution in [3.05, 3.63) is 35.8 Å². The third-order valence-electron chi connectivity index (χ3n) is 3.27. The van der Waals surface area contributed by atoms with E-state index in [2.05, 4.69) is 127 Å². The Hall–Kier alpha value is 1.70. The summed E-state index contributed by atoms with van der Waals surface area (Å²) in [5.74, 6) is 2.03. The van der Waals surface area contributed by atoms with E-state index < -0.39 is 9.05 Å². The number of halogens is 8. The maximum absolute atomic E-state index is 6.05. The molecule has 0 saturated carbocycles. The standard InChI is InChI=1S/C12Br8O4Si/c13-1-2(14)6(18)10-9(5(1)17)21-25(22-10)23-11-7(19)3(15)4(16)8(20)12(11)24-25. The lowest BCUT2D eigenvalue weighted by molar-refractivity contribution is 0.223. The molecule has 0 unspecified atom stereocenters. The Balaban J connectivity index is 1.83. The molecule has 0 fully saturated rings. The maximum Gasteiger partial charge on any atom is 0.967 e. The quantitative estimate of drug-likeness (QED) is 0.151. The summed E-state index contributed by atoms with van der Waals surface area (Å²) in [4.78, 5) is 0.